The number of hydrogen-bond acceptors (Lipinski definition) is 4. The van der Waals surface area contributed by atoms with Gasteiger partial charge in [-0.25, -0.2) is 4.98 Å². The molecule has 4 heterocycles. The van der Waals surface area contributed by atoms with Gasteiger partial charge in [-0.15, -0.1) is 12.4 Å². The second-order valence-corrected chi connectivity index (χ2v) is 9.88. The van der Waals surface area contributed by atoms with Gasteiger partial charge in [0.2, 0.25) is 0 Å². The predicted octanol–water partition coefficient (Wildman–Crippen LogP) is 6.79. The standard InChI is InChI=1S/C26H28Cl2N2O2.ClH/c1-3-15-14-30-9-8-16(15)11-25(30)26(31)20-13-24(17-4-6-21(27)22(28)10-17)29-23-7-5-18(32-2)12-19(20)23;/h4-7,10,12-13,15-16,25-26,31H,3,8-9,11,14H2,1-2H3;1H/t15-,16+,25-,26+;/m0./s1. The number of rotatable bonds is 5. The van der Waals surface area contributed by atoms with Gasteiger partial charge in [0.1, 0.15) is 5.75 Å². The number of methoxy groups -OCH3 is 1. The fourth-order valence-electron chi connectivity index (χ4n) is 5.58. The summed E-state index contributed by atoms with van der Waals surface area (Å²) in [4.78, 5) is 7.36. The first-order valence-corrected chi connectivity index (χ1v) is 12.1. The van der Waals surface area contributed by atoms with Gasteiger partial charge in [-0.2, -0.15) is 0 Å². The average Bonchev–Trinajstić information content (AvgIpc) is 2.84. The number of benzene rings is 2. The lowest BCUT2D eigenvalue weighted by atomic mass is 9.72. The topological polar surface area (TPSA) is 45.6 Å². The van der Waals surface area contributed by atoms with Gasteiger partial charge in [0.15, 0.2) is 0 Å². The average molecular weight is 508 g/mol. The van der Waals surface area contributed by atoms with Crippen molar-refractivity contribution in [2.75, 3.05) is 20.2 Å². The number of piperidine rings is 3. The minimum Gasteiger partial charge on any atom is -0.497 e. The van der Waals surface area contributed by atoms with Crippen LogP contribution in [-0.2, 0) is 0 Å². The van der Waals surface area contributed by atoms with Gasteiger partial charge < -0.3 is 9.84 Å². The van der Waals surface area contributed by atoms with E-state index in [1.165, 1.54) is 12.8 Å². The van der Waals surface area contributed by atoms with E-state index in [9.17, 15) is 5.11 Å². The van der Waals surface area contributed by atoms with Crippen molar-refractivity contribution in [1.82, 2.24) is 9.88 Å². The van der Waals surface area contributed by atoms with Gasteiger partial charge in [-0.1, -0.05) is 42.6 Å². The highest BCUT2D eigenvalue weighted by molar-refractivity contribution is 6.42. The van der Waals surface area contributed by atoms with Crippen LogP contribution in [0, 0.1) is 11.8 Å². The van der Waals surface area contributed by atoms with Gasteiger partial charge in [0.25, 0.3) is 0 Å². The number of pyridine rings is 1. The molecule has 0 radical (unpaired) electrons. The zero-order valence-electron chi connectivity index (χ0n) is 18.8. The van der Waals surface area contributed by atoms with Crippen molar-refractivity contribution < 1.29 is 9.84 Å². The fourth-order valence-corrected chi connectivity index (χ4v) is 5.88. The molecule has 2 aromatic carbocycles. The first-order chi connectivity index (χ1) is 15.5. The highest BCUT2D eigenvalue weighted by Gasteiger charge is 2.42. The Labute approximate surface area is 211 Å². The number of aromatic nitrogens is 1. The summed E-state index contributed by atoms with van der Waals surface area (Å²) in [6, 6.07) is 13.5. The molecular weight excluding hydrogens is 479 g/mol. The van der Waals surface area contributed by atoms with Crippen molar-refractivity contribution >= 4 is 46.5 Å². The predicted molar refractivity (Wildman–Crippen MR) is 138 cm³/mol. The van der Waals surface area contributed by atoms with E-state index in [1.807, 2.05) is 36.4 Å². The number of ether oxygens (including phenoxy) is 1. The molecular formula is C26H29Cl3N2O2. The normalized spacial score (nSPS) is 25.0. The Morgan fingerprint density at radius 3 is 2.64 bits per heavy atom. The third-order valence-corrected chi connectivity index (χ3v) is 8.15. The molecule has 0 amide bonds. The van der Waals surface area contributed by atoms with Crippen LogP contribution < -0.4 is 4.74 Å². The van der Waals surface area contributed by atoms with E-state index in [0.717, 1.165) is 58.9 Å². The molecule has 6 rings (SSSR count). The molecule has 33 heavy (non-hydrogen) atoms. The van der Waals surface area contributed by atoms with Crippen LogP contribution in [0.2, 0.25) is 10.0 Å². The van der Waals surface area contributed by atoms with E-state index < -0.39 is 6.10 Å². The lowest BCUT2D eigenvalue weighted by Gasteiger charge is -2.51. The van der Waals surface area contributed by atoms with Crippen LogP contribution in [0.4, 0.5) is 0 Å². The van der Waals surface area contributed by atoms with Crippen LogP contribution >= 0.6 is 35.6 Å². The van der Waals surface area contributed by atoms with Gasteiger partial charge in [-0.3, -0.25) is 4.90 Å². The lowest BCUT2D eigenvalue weighted by molar-refractivity contribution is -0.0562. The molecule has 2 bridgehead atoms. The molecule has 3 aliphatic heterocycles. The molecule has 1 aromatic heterocycles. The largest absolute Gasteiger partial charge is 0.497 e. The fraction of sp³-hybridized carbons (Fsp3) is 0.423. The van der Waals surface area contributed by atoms with Crippen LogP contribution in [-0.4, -0.2) is 41.2 Å². The van der Waals surface area contributed by atoms with Crippen molar-refractivity contribution in [3.05, 3.63) is 58.1 Å². The number of hydrogen-bond donors (Lipinski definition) is 1. The first kappa shape index (κ1) is 24.6. The molecule has 5 atom stereocenters. The molecule has 1 unspecified atom stereocenters. The molecule has 0 saturated carbocycles. The number of fused-ring (bicyclic) bond motifs is 4. The highest BCUT2D eigenvalue weighted by Crippen LogP contribution is 2.43. The zero-order chi connectivity index (χ0) is 22.4. The van der Waals surface area contributed by atoms with E-state index in [4.69, 9.17) is 32.9 Å². The SMILES string of the molecule is CC[C@H]1CN2CC[C@@H]1C[C@H]2[C@H](O)c1cc(-c2ccc(Cl)c(Cl)c2)nc2ccc(OC)cc12.Cl. The van der Waals surface area contributed by atoms with Gasteiger partial charge in [-0.05, 0) is 73.2 Å². The van der Waals surface area contributed by atoms with Crippen molar-refractivity contribution in [1.29, 1.82) is 0 Å². The van der Waals surface area contributed by atoms with Crippen LogP contribution in [0.1, 0.15) is 37.9 Å². The maximum absolute atomic E-state index is 11.7. The summed E-state index contributed by atoms with van der Waals surface area (Å²) in [5.41, 5.74) is 3.37. The van der Waals surface area contributed by atoms with Gasteiger partial charge in [0, 0.05) is 23.5 Å². The van der Waals surface area contributed by atoms with Crippen molar-refractivity contribution in [2.24, 2.45) is 11.8 Å². The van der Waals surface area contributed by atoms with Crippen LogP contribution in [0.3, 0.4) is 0 Å². The van der Waals surface area contributed by atoms with Crippen molar-refractivity contribution in [2.45, 2.75) is 38.3 Å². The Bertz CT molecular complexity index is 1160. The van der Waals surface area contributed by atoms with E-state index in [-0.39, 0.29) is 18.4 Å². The molecule has 3 saturated heterocycles. The lowest BCUT2D eigenvalue weighted by Crippen LogP contribution is -2.55. The van der Waals surface area contributed by atoms with Crippen molar-refractivity contribution in [3.8, 4) is 17.0 Å². The Kier molecular flexibility index (Phi) is 7.42. The maximum Gasteiger partial charge on any atom is 0.119 e. The Balaban J connectivity index is 0.00000259. The monoisotopic (exact) mass is 506 g/mol. The minimum atomic E-state index is -0.602. The maximum atomic E-state index is 11.7. The summed E-state index contributed by atoms with van der Waals surface area (Å²) >= 11 is 12.4. The third kappa shape index (κ3) is 4.56. The summed E-state index contributed by atoms with van der Waals surface area (Å²) < 4.78 is 5.47. The summed E-state index contributed by atoms with van der Waals surface area (Å²) in [7, 11) is 1.66. The molecule has 0 aliphatic carbocycles. The van der Waals surface area contributed by atoms with Crippen LogP contribution in [0.5, 0.6) is 5.75 Å². The highest BCUT2D eigenvalue weighted by atomic mass is 35.5. The molecule has 3 fully saturated rings. The molecule has 4 nitrogen and oxygen atoms in total. The number of halogens is 3. The minimum absolute atomic E-state index is 0. The Morgan fingerprint density at radius 2 is 1.97 bits per heavy atom. The molecule has 176 valence electrons. The molecule has 7 heteroatoms. The second kappa shape index (κ2) is 9.97. The number of aliphatic hydroxyl groups excluding tert-OH is 1. The van der Waals surface area contributed by atoms with E-state index >= 15 is 0 Å². The second-order valence-electron chi connectivity index (χ2n) is 9.07. The molecule has 1 N–H and O–H groups in total. The van der Waals surface area contributed by atoms with E-state index in [0.29, 0.717) is 16.0 Å². The molecule has 3 aromatic rings. The quantitative estimate of drug-likeness (QED) is 0.413. The summed E-state index contributed by atoms with van der Waals surface area (Å²) in [5, 5.41) is 13.6. The number of aliphatic hydroxyl groups is 1. The molecule has 3 aliphatic rings. The van der Waals surface area contributed by atoms with Crippen molar-refractivity contribution in [3.63, 3.8) is 0 Å². The van der Waals surface area contributed by atoms with Crippen LogP contribution in [0.15, 0.2) is 42.5 Å². The van der Waals surface area contributed by atoms with E-state index in [1.54, 1.807) is 13.2 Å². The zero-order valence-corrected chi connectivity index (χ0v) is 21.1. The van der Waals surface area contributed by atoms with E-state index in [2.05, 4.69) is 11.8 Å². The van der Waals surface area contributed by atoms with Gasteiger partial charge in [0.05, 0.1) is 34.5 Å². The third-order valence-electron chi connectivity index (χ3n) is 7.41. The number of nitrogens with zero attached hydrogens (tertiary/aromatic N) is 2. The Hall–Kier alpha value is -1.56. The summed E-state index contributed by atoms with van der Waals surface area (Å²) in [6.45, 7) is 4.42. The first-order valence-electron chi connectivity index (χ1n) is 11.3. The smallest absolute Gasteiger partial charge is 0.119 e. The van der Waals surface area contributed by atoms with Gasteiger partial charge >= 0.3 is 0 Å². The Morgan fingerprint density at radius 1 is 1.15 bits per heavy atom. The molecule has 0 spiro atoms. The van der Waals surface area contributed by atoms with Crippen LogP contribution in [0.25, 0.3) is 22.2 Å². The summed E-state index contributed by atoms with van der Waals surface area (Å²) in [5.74, 6) is 2.20. The summed E-state index contributed by atoms with van der Waals surface area (Å²) in [6.07, 6.45) is 2.88.